The number of hydrogen-bond donors (Lipinski definition) is 3. The highest BCUT2D eigenvalue weighted by atomic mass is 16.3. The molecule has 0 bridgehead atoms. The lowest BCUT2D eigenvalue weighted by Crippen LogP contribution is -2.27. The van der Waals surface area contributed by atoms with Crippen LogP contribution in [-0.4, -0.2) is 28.8 Å². The van der Waals surface area contributed by atoms with Crippen LogP contribution in [0.25, 0.3) is 0 Å². The van der Waals surface area contributed by atoms with Gasteiger partial charge in [0.1, 0.15) is 6.10 Å². The Morgan fingerprint density at radius 2 is 1.88 bits per heavy atom. The molecule has 2 atom stereocenters. The van der Waals surface area contributed by atoms with Crippen LogP contribution in [0.1, 0.15) is 30.6 Å². The zero-order chi connectivity index (χ0) is 12.8. The summed E-state index contributed by atoms with van der Waals surface area (Å²) in [6, 6.07) is 7.36. The summed E-state index contributed by atoms with van der Waals surface area (Å²) >= 11 is 0. The van der Waals surface area contributed by atoms with Gasteiger partial charge >= 0.3 is 0 Å². The predicted octanol–water partition coefficient (Wildman–Crippen LogP) is 0.916. The van der Waals surface area contributed by atoms with Crippen molar-refractivity contribution in [3.63, 3.8) is 0 Å². The van der Waals surface area contributed by atoms with Gasteiger partial charge < -0.3 is 15.5 Å². The number of benzene rings is 1. The molecule has 0 aromatic heterocycles. The summed E-state index contributed by atoms with van der Waals surface area (Å²) < 4.78 is 0. The van der Waals surface area contributed by atoms with E-state index in [1.54, 1.807) is 12.1 Å². The highest BCUT2D eigenvalue weighted by Gasteiger charge is 2.17. The van der Waals surface area contributed by atoms with Crippen molar-refractivity contribution in [2.75, 3.05) is 6.54 Å². The minimum absolute atomic E-state index is 0.137. The fourth-order valence-electron chi connectivity index (χ4n) is 1.54. The van der Waals surface area contributed by atoms with Crippen molar-refractivity contribution in [1.82, 2.24) is 5.32 Å². The maximum absolute atomic E-state index is 10.6. The number of amides is 1. The van der Waals surface area contributed by atoms with E-state index in [-0.39, 0.29) is 5.91 Å². The third kappa shape index (κ3) is 4.54. The lowest BCUT2D eigenvalue weighted by Gasteiger charge is -2.18. The molecular weight excluding hydrogens is 218 g/mol. The molecule has 1 amide bonds. The van der Waals surface area contributed by atoms with Gasteiger partial charge in [0, 0.05) is 13.5 Å². The molecule has 4 heteroatoms. The number of hydrogen-bond acceptors (Lipinski definition) is 3. The molecule has 0 aliphatic heterocycles. The summed E-state index contributed by atoms with van der Waals surface area (Å²) in [5.74, 6) is -0.137. The summed E-state index contributed by atoms with van der Waals surface area (Å²) in [5, 5.41) is 22.2. The Labute approximate surface area is 101 Å². The van der Waals surface area contributed by atoms with Crippen LogP contribution in [0, 0.1) is 6.92 Å². The van der Waals surface area contributed by atoms with Crippen LogP contribution in [0.5, 0.6) is 0 Å². The second kappa shape index (κ2) is 6.37. The summed E-state index contributed by atoms with van der Waals surface area (Å²) in [5.41, 5.74) is 1.79. The van der Waals surface area contributed by atoms with Gasteiger partial charge in [-0.05, 0) is 18.9 Å². The van der Waals surface area contributed by atoms with E-state index in [1.165, 1.54) is 6.92 Å². The summed E-state index contributed by atoms with van der Waals surface area (Å²) in [6.45, 7) is 3.74. The van der Waals surface area contributed by atoms with Crippen molar-refractivity contribution in [2.24, 2.45) is 0 Å². The molecule has 17 heavy (non-hydrogen) atoms. The van der Waals surface area contributed by atoms with Crippen LogP contribution in [0.15, 0.2) is 24.3 Å². The highest BCUT2D eigenvalue weighted by Crippen LogP contribution is 2.18. The van der Waals surface area contributed by atoms with Crippen LogP contribution in [0.3, 0.4) is 0 Å². The van der Waals surface area contributed by atoms with Gasteiger partial charge in [0.2, 0.25) is 5.91 Å². The van der Waals surface area contributed by atoms with Gasteiger partial charge in [-0.15, -0.1) is 0 Å². The number of aryl methyl sites for hydroxylation is 1. The average molecular weight is 237 g/mol. The normalized spacial score (nSPS) is 14.1. The summed E-state index contributed by atoms with van der Waals surface area (Å²) in [6.07, 6.45) is -1.46. The number of rotatable bonds is 5. The van der Waals surface area contributed by atoms with Crippen LogP contribution < -0.4 is 5.32 Å². The molecular formula is C13H19NO3. The van der Waals surface area contributed by atoms with E-state index in [2.05, 4.69) is 5.32 Å². The van der Waals surface area contributed by atoms with E-state index in [0.29, 0.717) is 18.5 Å². The lowest BCUT2D eigenvalue weighted by molar-refractivity contribution is -0.119. The van der Waals surface area contributed by atoms with Crippen LogP contribution >= 0.6 is 0 Å². The fraction of sp³-hybridized carbons (Fsp3) is 0.462. The molecule has 1 aromatic rings. The first-order valence-electron chi connectivity index (χ1n) is 5.68. The van der Waals surface area contributed by atoms with Gasteiger partial charge in [0.25, 0.3) is 0 Å². The standard InChI is InChI=1S/C13H19NO3/c1-9-3-5-11(6-4-9)13(17)12(16)7-8-14-10(2)15/h3-6,12-13,16-17H,7-8H2,1-2H3,(H,14,15). The Bertz CT molecular complexity index is 361. The van der Waals surface area contributed by atoms with Crippen molar-refractivity contribution in [3.8, 4) is 0 Å². The number of aliphatic hydroxyl groups is 2. The van der Waals surface area contributed by atoms with E-state index in [9.17, 15) is 15.0 Å². The molecule has 0 heterocycles. The molecule has 2 unspecified atom stereocenters. The SMILES string of the molecule is CC(=O)NCCC(O)C(O)c1ccc(C)cc1. The molecule has 0 fully saturated rings. The molecule has 94 valence electrons. The van der Waals surface area contributed by atoms with Crippen molar-refractivity contribution >= 4 is 5.91 Å². The molecule has 1 rings (SSSR count). The minimum Gasteiger partial charge on any atom is -0.390 e. The Kier molecular flexibility index (Phi) is 5.12. The minimum atomic E-state index is -0.913. The van der Waals surface area contributed by atoms with Gasteiger partial charge in [0.05, 0.1) is 6.10 Å². The second-order valence-corrected chi connectivity index (χ2v) is 4.19. The van der Waals surface area contributed by atoms with Gasteiger partial charge in [-0.25, -0.2) is 0 Å². The van der Waals surface area contributed by atoms with Gasteiger partial charge in [-0.3, -0.25) is 4.79 Å². The molecule has 4 nitrogen and oxygen atoms in total. The van der Waals surface area contributed by atoms with E-state index >= 15 is 0 Å². The third-order valence-corrected chi connectivity index (χ3v) is 2.60. The van der Waals surface area contributed by atoms with E-state index in [4.69, 9.17) is 0 Å². The molecule has 0 spiro atoms. The first-order valence-corrected chi connectivity index (χ1v) is 5.68. The van der Waals surface area contributed by atoms with E-state index < -0.39 is 12.2 Å². The van der Waals surface area contributed by atoms with Crippen molar-refractivity contribution in [1.29, 1.82) is 0 Å². The van der Waals surface area contributed by atoms with Crippen LogP contribution in [0.2, 0.25) is 0 Å². The van der Waals surface area contributed by atoms with Crippen molar-refractivity contribution < 1.29 is 15.0 Å². The van der Waals surface area contributed by atoms with E-state index in [0.717, 1.165) is 5.56 Å². The van der Waals surface area contributed by atoms with E-state index in [1.807, 2.05) is 19.1 Å². The average Bonchev–Trinajstić information content (AvgIpc) is 2.28. The maximum atomic E-state index is 10.6. The quantitative estimate of drug-likeness (QED) is 0.713. The number of carbonyl (C=O) groups excluding carboxylic acids is 1. The molecule has 0 saturated heterocycles. The largest absolute Gasteiger partial charge is 0.390 e. The monoisotopic (exact) mass is 237 g/mol. The first-order chi connectivity index (χ1) is 8.00. The van der Waals surface area contributed by atoms with Gasteiger partial charge in [-0.1, -0.05) is 29.8 Å². The van der Waals surface area contributed by atoms with Crippen molar-refractivity contribution in [2.45, 2.75) is 32.5 Å². The topological polar surface area (TPSA) is 69.6 Å². The lowest BCUT2D eigenvalue weighted by atomic mass is 10.0. The molecule has 0 saturated carbocycles. The number of carbonyl (C=O) groups is 1. The Hall–Kier alpha value is -1.39. The summed E-state index contributed by atoms with van der Waals surface area (Å²) in [7, 11) is 0. The third-order valence-electron chi connectivity index (χ3n) is 2.60. The Balaban J connectivity index is 2.48. The van der Waals surface area contributed by atoms with Crippen LogP contribution in [0.4, 0.5) is 0 Å². The second-order valence-electron chi connectivity index (χ2n) is 4.19. The molecule has 3 N–H and O–H groups in total. The summed E-state index contributed by atoms with van der Waals surface area (Å²) in [4.78, 5) is 10.6. The number of nitrogens with one attached hydrogen (secondary N) is 1. The maximum Gasteiger partial charge on any atom is 0.216 e. The smallest absolute Gasteiger partial charge is 0.216 e. The number of aliphatic hydroxyl groups excluding tert-OH is 2. The molecule has 1 aromatic carbocycles. The van der Waals surface area contributed by atoms with Gasteiger partial charge in [0.15, 0.2) is 0 Å². The molecule has 0 aliphatic carbocycles. The molecule has 0 aliphatic rings. The first kappa shape index (κ1) is 13.7. The predicted molar refractivity (Wildman–Crippen MR) is 65.4 cm³/mol. The Morgan fingerprint density at radius 3 is 2.41 bits per heavy atom. The van der Waals surface area contributed by atoms with Gasteiger partial charge in [-0.2, -0.15) is 0 Å². The Morgan fingerprint density at radius 1 is 1.29 bits per heavy atom. The van der Waals surface area contributed by atoms with Crippen molar-refractivity contribution in [3.05, 3.63) is 35.4 Å². The zero-order valence-electron chi connectivity index (χ0n) is 10.2. The highest BCUT2D eigenvalue weighted by molar-refractivity contribution is 5.72. The van der Waals surface area contributed by atoms with Crippen LogP contribution in [-0.2, 0) is 4.79 Å². The fourth-order valence-corrected chi connectivity index (χ4v) is 1.54. The zero-order valence-corrected chi connectivity index (χ0v) is 10.2. The molecule has 0 radical (unpaired) electrons.